The Morgan fingerprint density at radius 2 is 1.65 bits per heavy atom. The van der Waals surface area contributed by atoms with Gasteiger partial charge in [0.05, 0.1) is 0 Å². The predicted molar refractivity (Wildman–Crippen MR) is 168 cm³/mol. The molecule has 5 aromatic rings. The molecule has 0 bridgehead atoms. The van der Waals surface area contributed by atoms with E-state index in [4.69, 9.17) is 19.2 Å². The second-order valence-corrected chi connectivity index (χ2v) is 11.4. The first kappa shape index (κ1) is 28.4. The van der Waals surface area contributed by atoms with Gasteiger partial charge < -0.3 is 19.1 Å². The molecule has 1 aliphatic rings. The number of benzene rings is 3. The van der Waals surface area contributed by atoms with Crippen LogP contribution in [0.25, 0.3) is 22.4 Å². The number of amides is 1. The SMILES string of the molecule is CC(C)Cc1nc(N2CCCN(C(=O)CCc3ccccc3)CC2)c2c(-c3cccc(Oc4ccccc4)c3)noc2n1. The van der Waals surface area contributed by atoms with E-state index < -0.39 is 0 Å². The second kappa shape index (κ2) is 13.1. The molecule has 6 rings (SSSR count). The lowest BCUT2D eigenvalue weighted by molar-refractivity contribution is -0.130. The Bertz CT molecular complexity index is 1670. The summed E-state index contributed by atoms with van der Waals surface area (Å²) in [4.78, 5) is 27.3. The highest BCUT2D eigenvalue weighted by Crippen LogP contribution is 2.36. The minimum Gasteiger partial charge on any atom is -0.457 e. The van der Waals surface area contributed by atoms with E-state index >= 15 is 0 Å². The van der Waals surface area contributed by atoms with Crippen molar-refractivity contribution in [2.45, 2.75) is 39.5 Å². The molecule has 1 aliphatic heterocycles. The minimum atomic E-state index is 0.194. The van der Waals surface area contributed by atoms with E-state index in [-0.39, 0.29) is 5.91 Å². The van der Waals surface area contributed by atoms with Gasteiger partial charge >= 0.3 is 0 Å². The number of hydrogen-bond donors (Lipinski definition) is 0. The van der Waals surface area contributed by atoms with Gasteiger partial charge in [-0.05, 0) is 48.6 Å². The fraction of sp³-hybridized carbons (Fsp3) is 0.314. The summed E-state index contributed by atoms with van der Waals surface area (Å²) in [6.45, 7) is 7.13. The van der Waals surface area contributed by atoms with Crippen LogP contribution in [0.1, 0.15) is 38.1 Å². The normalized spacial score (nSPS) is 13.8. The topological polar surface area (TPSA) is 84.6 Å². The maximum absolute atomic E-state index is 13.2. The fourth-order valence-electron chi connectivity index (χ4n) is 5.53. The zero-order valence-electron chi connectivity index (χ0n) is 24.8. The molecule has 2 aromatic heterocycles. The molecule has 0 spiro atoms. The van der Waals surface area contributed by atoms with Crippen molar-refractivity contribution in [1.29, 1.82) is 0 Å². The predicted octanol–water partition coefficient (Wildman–Crippen LogP) is 6.95. The molecule has 8 heteroatoms. The number of aromatic nitrogens is 3. The average Bonchev–Trinajstić information content (AvgIpc) is 3.29. The third kappa shape index (κ3) is 6.85. The quantitative estimate of drug-likeness (QED) is 0.188. The molecule has 0 N–H and O–H groups in total. The third-order valence-electron chi connectivity index (χ3n) is 7.66. The van der Waals surface area contributed by atoms with Crippen LogP contribution in [0.3, 0.4) is 0 Å². The smallest absolute Gasteiger partial charge is 0.263 e. The Morgan fingerprint density at radius 3 is 2.44 bits per heavy atom. The van der Waals surface area contributed by atoms with Crippen molar-refractivity contribution >= 4 is 22.8 Å². The van der Waals surface area contributed by atoms with Crippen molar-refractivity contribution < 1.29 is 14.1 Å². The molecular formula is C35H37N5O3. The average molecular weight is 576 g/mol. The highest BCUT2D eigenvalue weighted by Gasteiger charge is 2.26. The summed E-state index contributed by atoms with van der Waals surface area (Å²) in [6, 6.07) is 27.7. The van der Waals surface area contributed by atoms with Gasteiger partial charge in [-0.3, -0.25) is 4.79 Å². The van der Waals surface area contributed by atoms with Crippen LogP contribution in [0.15, 0.2) is 89.5 Å². The first-order valence-corrected chi connectivity index (χ1v) is 15.1. The van der Waals surface area contributed by atoms with Gasteiger partial charge in [-0.15, -0.1) is 0 Å². The van der Waals surface area contributed by atoms with Gasteiger partial charge in [0.25, 0.3) is 5.71 Å². The monoisotopic (exact) mass is 575 g/mol. The summed E-state index contributed by atoms with van der Waals surface area (Å²) in [5, 5.41) is 5.27. The zero-order chi connectivity index (χ0) is 29.6. The van der Waals surface area contributed by atoms with Crippen LogP contribution in [0.4, 0.5) is 5.82 Å². The van der Waals surface area contributed by atoms with Crippen molar-refractivity contribution in [3.8, 4) is 22.8 Å². The molecule has 8 nitrogen and oxygen atoms in total. The molecule has 1 fully saturated rings. The maximum atomic E-state index is 13.2. The number of carbonyl (C=O) groups is 1. The number of carbonyl (C=O) groups excluding carboxylic acids is 1. The summed E-state index contributed by atoms with van der Waals surface area (Å²) in [5.41, 5.74) is 3.21. The van der Waals surface area contributed by atoms with Gasteiger partial charge in [-0.2, -0.15) is 4.98 Å². The summed E-state index contributed by atoms with van der Waals surface area (Å²) < 4.78 is 11.9. The molecule has 1 amide bonds. The van der Waals surface area contributed by atoms with Crippen LogP contribution >= 0.6 is 0 Å². The molecule has 3 heterocycles. The number of anilines is 1. The van der Waals surface area contributed by atoms with Crippen LogP contribution in [0.5, 0.6) is 11.5 Å². The van der Waals surface area contributed by atoms with Gasteiger partial charge in [0.15, 0.2) is 0 Å². The van der Waals surface area contributed by atoms with Crippen LogP contribution < -0.4 is 9.64 Å². The van der Waals surface area contributed by atoms with Crippen LogP contribution in [0, 0.1) is 5.92 Å². The lowest BCUT2D eigenvalue weighted by atomic mass is 10.1. The summed E-state index contributed by atoms with van der Waals surface area (Å²) in [7, 11) is 0. The van der Waals surface area contributed by atoms with E-state index in [1.807, 2.05) is 77.7 Å². The van der Waals surface area contributed by atoms with E-state index in [1.54, 1.807) is 0 Å². The molecule has 0 unspecified atom stereocenters. The van der Waals surface area contributed by atoms with Crippen molar-refractivity contribution in [3.05, 3.63) is 96.3 Å². The highest BCUT2D eigenvalue weighted by molar-refractivity contribution is 5.98. The molecule has 0 radical (unpaired) electrons. The van der Waals surface area contributed by atoms with Crippen molar-refractivity contribution in [1.82, 2.24) is 20.0 Å². The number of nitrogens with zero attached hydrogens (tertiary/aromatic N) is 5. The van der Waals surface area contributed by atoms with Gasteiger partial charge in [0, 0.05) is 44.6 Å². The Kier molecular flexibility index (Phi) is 8.63. The molecular weight excluding hydrogens is 538 g/mol. The van der Waals surface area contributed by atoms with Gasteiger partial charge in [-0.1, -0.05) is 79.7 Å². The van der Waals surface area contributed by atoms with Crippen molar-refractivity contribution in [2.75, 3.05) is 31.1 Å². The van der Waals surface area contributed by atoms with Crippen LogP contribution in [0.2, 0.25) is 0 Å². The minimum absolute atomic E-state index is 0.194. The molecule has 0 atom stereocenters. The van der Waals surface area contributed by atoms with Gasteiger partial charge in [-0.25, -0.2) is 4.98 Å². The second-order valence-electron chi connectivity index (χ2n) is 11.4. The maximum Gasteiger partial charge on any atom is 0.263 e. The Hall–Kier alpha value is -4.72. The number of fused-ring (bicyclic) bond motifs is 1. The number of rotatable bonds is 9. The first-order valence-electron chi connectivity index (χ1n) is 15.1. The Morgan fingerprint density at radius 1 is 0.884 bits per heavy atom. The first-order chi connectivity index (χ1) is 21.0. The van der Waals surface area contributed by atoms with E-state index in [0.717, 1.165) is 60.7 Å². The highest BCUT2D eigenvalue weighted by atomic mass is 16.5. The fourth-order valence-corrected chi connectivity index (χ4v) is 5.53. The summed E-state index contributed by atoms with van der Waals surface area (Å²) in [5.74, 6) is 3.60. The number of hydrogen-bond acceptors (Lipinski definition) is 7. The van der Waals surface area contributed by atoms with E-state index in [2.05, 4.69) is 36.0 Å². The molecule has 1 saturated heterocycles. The number of aryl methyl sites for hydroxylation is 1. The van der Waals surface area contributed by atoms with Crippen molar-refractivity contribution in [2.24, 2.45) is 5.92 Å². The van der Waals surface area contributed by atoms with E-state index in [9.17, 15) is 4.79 Å². The summed E-state index contributed by atoms with van der Waals surface area (Å²) >= 11 is 0. The largest absolute Gasteiger partial charge is 0.457 e. The van der Waals surface area contributed by atoms with Gasteiger partial charge in [0.2, 0.25) is 5.91 Å². The molecule has 0 aliphatic carbocycles. The van der Waals surface area contributed by atoms with Crippen LogP contribution in [-0.4, -0.2) is 52.1 Å². The van der Waals surface area contributed by atoms with Crippen LogP contribution in [-0.2, 0) is 17.6 Å². The lowest BCUT2D eigenvalue weighted by Crippen LogP contribution is -2.35. The Balaban J connectivity index is 1.27. The molecule has 43 heavy (non-hydrogen) atoms. The zero-order valence-corrected chi connectivity index (χ0v) is 24.8. The number of ether oxygens (including phenoxy) is 1. The van der Waals surface area contributed by atoms with E-state index in [0.29, 0.717) is 42.6 Å². The molecule has 220 valence electrons. The van der Waals surface area contributed by atoms with Gasteiger partial charge in [0.1, 0.15) is 34.2 Å². The summed E-state index contributed by atoms with van der Waals surface area (Å²) in [6.07, 6.45) is 2.85. The molecule has 0 saturated carbocycles. The molecule has 3 aromatic carbocycles. The Labute approximate surface area is 252 Å². The third-order valence-corrected chi connectivity index (χ3v) is 7.66. The van der Waals surface area contributed by atoms with E-state index in [1.165, 1.54) is 5.56 Å². The van der Waals surface area contributed by atoms with Crippen molar-refractivity contribution in [3.63, 3.8) is 0 Å². The number of para-hydroxylation sites is 1. The lowest BCUT2D eigenvalue weighted by Gasteiger charge is -2.24. The standard InChI is InChI=1S/C35H37N5O3/c1-25(2)23-30-36-34(40-20-10-19-39(21-22-40)31(41)18-17-26-11-5-3-6-12-26)32-33(38-43-35(32)37-30)27-13-9-16-29(24-27)42-28-14-7-4-8-15-28/h3-9,11-16,24-25H,10,17-23H2,1-2H3.